The number of aromatic nitrogens is 3. The molecule has 1 aliphatic rings. The Labute approximate surface area is 152 Å². The SMILES string of the molecule is C[C@H]1Cc2ccccc2N1CCNC(=O)c1cccc(-n2ccnn2)c1. The Kier molecular flexibility index (Phi) is 4.39. The highest BCUT2D eigenvalue weighted by Gasteiger charge is 2.24. The van der Waals surface area contributed by atoms with E-state index in [1.807, 2.05) is 24.3 Å². The van der Waals surface area contributed by atoms with Crippen molar-refractivity contribution in [1.29, 1.82) is 0 Å². The van der Waals surface area contributed by atoms with E-state index in [0.717, 1.165) is 18.7 Å². The molecule has 6 nitrogen and oxygen atoms in total. The predicted octanol–water partition coefficient (Wildman–Crippen LogP) is 2.45. The van der Waals surface area contributed by atoms with Gasteiger partial charge in [0.05, 0.1) is 18.1 Å². The first-order valence-corrected chi connectivity index (χ1v) is 8.82. The number of fused-ring (bicyclic) bond motifs is 1. The Morgan fingerprint density at radius 2 is 2.12 bits per heavy atom. The average molecular weight is 347 g/mol. The average Bonchev–Trinajstić information content (AvgIpc) is 3.30. The van der Waals surface area contributed by atoms with Gasteiger partial charge in [-0.05, 0) is 43.2 Å². The quantitative estimate of drug-likeness (QED) is 0.770. The molecule has 132 valence electrons. The zero-order chi connectivity index (χ0) is 17.9. The van der Waals surface area contributed by atoms with Gasteiger partial charge in [-0.25, -0.2) is 4.68 Å². The number of carbonyl (C=O) groups is 1. The van der Waals surface area contributed by atoms with Crippen LogP contribution in [0.4, 0.5) is 5.69 Å². The zero-order valence-electron chi connectivity index (χ0n) is 14.7. The number of rotatable bonds is 5. The van der Waals surface area contributed by atoms with Gasteiger partial charge in [0.15, 0.2) is 0 Å². The van der Waals surface area contributed by atoms with E-state index >= 15 is 0 Å². The fourth-order valence-electron chi connectivity index (χ4n) is 3.50. The van der Waals surface area contributed by atoms with Crippen molar-refractivity contribution in [2.75, 3.05) is 18.0 Å². The largest absolute Gasteiger partial charge is 0.367 e. The molecule has 1 aliphatic heterocycles. The molecule has 6 heteroatoms. The number of benzene rings is 2. The second-order valence-corrected chi connectivity index (χ2v) is 6.53. The highest BCUT2D eigenvalue weighted by molar-refractivity contribution is 5.94. The summed E-state index contributed by atoms with van der Waals surface area (Å²) < 4.78 is 1.64. The number of para-hydroxylation sites is 1. The topological polar surface area (TPSA) is 63.1 Å². The third-order valence-electron chi connectivity index (χ3n) is 4.78. The second-order valence-electron chi connectivity index (χ2n) is 6.53. The Bertz CT molecular complexity index is 906. The summed E-state index contributed by atoms with van der Waals surface area (Å²) in [6.45, 7) is 3.63. The fraction of sp³-hybridized carbons (Fsp3) is 0.250. The van der Waals surface area contributed by atoms with Gasteiger partial charge in [-0.1, -0.05) is 29.5 Å². The van der Waals surface area contributed by atoms with Crippen molar-refractivity contribution in [2.24, 2.45) is 0 Å². The zero-order valence-corrected chi connectivity index (χ0v) is 14.7. The third kappa shape index (κ3) is 3.18. The number of amides is 1. The molecule has 4 rings (SSSR count). The van der Waals surface area contributed by atoms with Gasteiger partial charge >= 0.3 is 0 Å². The molecule has 2 heterocycles. The van der Waals surface area contributed by atoms with Crippen molar-refractivity contribution in [3.8, 4) is 5.69 Å². The first kappa shape index (κ1) is 16.3. The summed E-state index contributed by atoms with van der Waals surface area (Å²) >= 11 is 0. The minimum atomic E-state index is -0.0768. The molecule has 0 radical (unpaired) electrons. The van der Waals surface area contributed by atoms with Gasteiger partial charge in [0.25, 0.3) is 5.91 Å². The number of anilines is 1. The molecule has 0 saturated heterocycles. The van der Waals surface area contributed by atoms with E-state index in [2.05, 4.69) is 51.7 Å². The van der Waals surface area contributed by atoms with Crippen LogP contribution >= 0.6 is 0 Å². The molecule has 0 saturated carbocycles. The Morgan fingerprint density at radius 3 is 2.96 bits per heavy atom. The van der Waals surface area contributed by atoms with E-state index in [9.17, 15) is 4.79 Å². The lowest BCUT2D eigenvalue weighted by Crippen LogP contribution is -2.37. The van der Waals surface area contributed by atoms with Gasteiger partial charge in [0, 0.05) is 30.4 Å². The van der Waals surface area contributed by atoms with Gasteiger partial charge in [0.2, 0.25) is 0 Å². The molecular formula is C20H21N5O. The summed E-state index contributed by atoms with van der Waals surface area (Å²) in [5.41, 5.74) is 4.10. The van der Waals surface area contributed by atoms with Gasteiger partial charge < -0.3 is 10.2 Å². The Balaban J connectivity index is 1.38. The minimum Gasteiger partial charge on any atom is -0.367 e. The molecule has 0 fully saturated rings. The maximum atomic E-state index is 12.5. The number of carbonyl (C=O) groups excluding carboxylic acids is 1. The standard InChI is InChI=1S/C20H21N5O/c1-15-13-16-5-2-3-8-19(16)24(15)11-9-21-20(26)17-6-4-7-18(14-17)25-12-10-22-23-25/h2-8,10,12,14-15H,9,11,13H2,1H3,(H,21,26)/t15-/m0/s1. The smallest absolute Gasteiger partial charge is 0.251 e. The molecule has 1 aromatic heterocycles. The predicted molar refractivity (Wildman–Crippen MR) is 101 cm³/mol. The number of nitrogens with zero attached hydrogens (tertiary/aromatic N) is 4. The summed E-state index contributed by atoms with van der Waals surface area (Å²) in [4.78, 5) is 14.9. The lowest BCUT2D eigenvalue weighted by Gasteiger charge is -2.25. The van der Waals surface area contributed by atoms with Crippen LogP contribution in [0.25, 0.3) is 5.69 Å². The number of nitrogens with one attached hydrogen (secondary N) is 1. The number of hydrogen-bond acceptors (Lipinski definition) is 4. The second kappa shape index (κ2) is 7.00. The lowest BCUT2D eigenvalue weighted by atomic mass is 10.1. The van der Waals surface area contributed by atoms with Crippen molar-refractivity contribution in [1.82, 2.24) is 20.3 Å². The Hall–Kier alpha value is -3.15. The third-order valence-corrected chi connectivity index (χ3v) is 4.78. The van der Waals surface area contributed by atoms with Crippen molar-refractivity contribution >= 4 is 11.6 Å². The summed E-state index contributed by atoms with van der Waals surface area (Å²) in [7, 11) is 0. The summed E-state index contributed by atoms with van der Waals surface area (Å²) in [6.07, 6.45) is 4.43. The molecule has 0 spiro atoms. The van der Waals surface area contributed by atoms with Gasteiger partial charge in [-0.15, -0.1) is 5.10 Å². The van der Waals surface area contributed by atoms with Crippen LogP contribution in [-0.4, -0.2) is 40.0 Å². The first-order valence-electron chi connectivity index (χ1n) is 8.82. The highest BCUT2D eigenvalue weighted by atomic mass is 16.1. The maximum absolute atomic E-state index is 12.5. The summed E-state index contributed by atoms with van der Waals surface area (Å²) in [5, 5.41) is 10.8. The molecule has 26 heavy (non-hydrogen) atoms. The normalized spacial score (nSPS) is 15.7. The van der Waals surface area contributed by atoms with Crippen molar-refractivity contribution in [3.05, 3.63) is 72.1 Å². The van der Waals surface area contributed by atoms with E-state index in [-0.39, 0.29) is 5.91 Å². The van der Waals surface area contributed by atoms with Crippen LogP contribution in [-0.2, 0) is 6.42 Å². The summed E-state index contributed by atoms with van der Waals surface area (Å²) in [5.74, 6) is -0.0768. The van der Waals surface area contributed by atoms with Crippen LogP contribution in [0.3, 0.4) is 0 Å². The number of hydrogen-bond donors (Lipinski definition) is 1. The molecule has 1 N–H and O–H groups in total. The highest BCUT2D eigenvalue weighted by Crippen LogP contribution is 2.31. The van der Waals surface area contributed by atoms with Gasteiger partial charge in [-0.3, -0.25) is 4.79 Å². The van der Waals surface area contributed by atoms with Crippen LogP contribution < -0.4 is 10.2 Å². The van der Waals surface area contributed by atoms with E-state index < -0.39 is 0 Å². The lowest BCUT2D eigenvalue weighted by molar-refractivity contribution is 0.0954. The van der Waals surface area contributed by atoms with Crippen LogP contribution in [0.5, 0.6) is 0 Å². The first-order chi connectivity index (χ1) is 12.7. The maximum Gasteiger partial charge on any atom is 0.251 e. The van der Waals surface area contributed by atoms with Gasteiger partial charge in [-0.2, -0.15) is 0 Å². The molecule has 0 aliphatic carbocycles. The van der Waals surface area contributed by atoms with E-state index in [0.29, 0.717) is 18.2 Å². The summed E-state index contributed by atoms with van der Waals surface area (Å²) in [6, 6.07) is 16.3. The molecular weight excluding hydrogens is 326 g/mol. The molecule has 0 unspecified atom stereocenters. The molecule has 3 aromatic rings. The monoisotopic (exact) mass is 347 g/mol. The van der Waals surface area contributed by atoms with Crippen molar-refractivity contribution in [2.45, 2.75) is 19.4 Å². The van der Waals surface area contributed by atoms with Crippen LogP contribution in [0.2, 0.25) is 0 Å². The molecule has 1 amide bonds. The van der Waals surface area contributed by atoms with Crippen molar-refractivity contribution < 1.29 is 4.79 Å². The molecule has 1 atom stereocenters. The van der Waals surface area contributed by atoms with Crippen molar-refractivity contribution in [3.63, 3.8) is 0 Å². The fourth-order valence-corrected chi connectivity index (χ4v) is 3.50. The van der Waals surface area contributed by atoms with E-state index in [4.69, 9.17) is 0 Å². The molecule has 0 bridgehead atoms. The minimum absolute atomic E-state index is 0.0768. The molecule has 2 aromatic carbocycles. The van der Waals surface area contributed by atoms with Crippen LogP contribution in [0.1, 0.15) is 22.8 Å². The van der Waals surface area contributed by atoms with Crippen LogP contribution in [0.15, 0.2) is 60.9 Å². The Morgan fingerprint density at radius 1 is 1.23 bits per heavy atom. The van der Waals surface area contributed by atoms with Crippen LogP contribution in [0, 0.1) is 0 Å². The van der Waals surface area contributed by atoms with E-state index in [1.54, 1.807) is 17.1 Å². The van der Waals surface area contributed by atoms with Gasteiger partial charge in [0.1, 0.15) is 0 Å². The van der Waals surface area contributed by atoms with E-state index in [1.165, 1.54) is 11.3 Å².